The average molecular weight is 270 g/mol. The number of halogens is 3. The van der Waals surface area contributed by atoms with Gasteiger partial charge in [0.1, 0.15) is 0 Å². The number of thiazole rings is 1. The lowest BCUT2D eigenvalue weighted by Crippen LogP contribution is -2.04. The van der Waals surface area contributed by atoms with E-state index < -0.39 is 11.7 Å². The molecule has 1 aromatic carbocycles. The summed E-state index contributed by atoms with van der Waals surface area (Å²) in [7, 11) is 0. The molecular formula is C10H5F3N4S. The van der Waals surface area contributed by atoms with Gasteiger partial charge in [-0.25, -0.2) is 4.98 Å². The van der Waals surface area contributed by atoms with Crippen molar-refractivity contribution in [1.29, 1.82) is 0 Å². The van der Waals surface area contributed by atoms with E-state index in [0.717, 1.165) is 23.5 Å². The summed E-state index contributed by atoms with van der Waals surface area (Å²) >= 11 is 1.07. The topological polar surface area (TPSA) is 61.7 Å². The molecule has 0 saturated carbocycles. The predicted octanol–water partition coefficient (Wildman–Crippen LogP) is 4.77. The maximum absolute atomic E-state index is 12.5. The van der Waals surface area contributed by atoms with Crippen molar-refractivity contribution in [1.82, 2.24) is 4.98 Å². The largest absolute Gasteiger partial charge is 0.416 e. The van der Waals surface area contributed by atoms with Gasteiger partial charge in [0.05, 0.1) is 11.3 Å². The molecule has 0 amide bonds. The minimum absolute atomic E-state index is 0.171. The van der Waals surface area contributed by atoms with Crippen LogP contribution < -0.4 is 0 Å². The Hall–Kier alpha value is -2.05. The predicted molar refractivity (Wildman–Crippen MR) is 61.4 cm³/mol. The zero-order valence-electron chi connectivity index (χ0n) is 8.72. The summed E-state index contributed by atoms with van der Waals surface area (Å²) < 4.78 is 37.6. The van der Waals surface area contributed by atoms with E-state index >= 15 is 0 Å². The smallest absolute Gasteiger partial charge is 0.235 e. The van der Waals surface area contributed by atoms with Gasteiger partial charge in [0.2, 0.25) is 0 Å². The number of hydrogen-bond acceptors (Lipinski definition) is 3. The third kappa shape index (κ3) is 2.61. The van der Waals surface area contributed by atoms with Gasteiger partial charge in [-0.2, -0.15) is 13.2 Å². The van der Waals surface area contributed by atoms with Crippen molar-refractivity contribution in [2.24, 2.45) is 5.11 Å². The third-order valence-electron chi connectivity index (χ3n) is 2.11. The molecule has 0 aliphatic carbocycles. The van der Waals surface area contributed by atoms with Crippen molar-refractivity contribution in [2.75, 3.05) is 0 Å². The molecule has 1 heterocycles. The highest BCUT2D eigenvalue weighted by atomic mass is 32.1. The van der Waals surface area contributed by atoms with Crippen molar-refractivity contribution in [3.8, 4) is 11.3 Å². The van der Waals surface area contributed by atoms with Crippen LogP contribution in [-0.4, -0.2) is 4.98 Å². The lowest BCUT2D eigenvalue weighted by Gasteiger charge is -2.07. The second kappa shape index (κ2) is 4.67. The van der Waals surface area contributed by atoms with Crippen molar-refractivity contribution in [3.63, 3.8) is 0 Å². The van der Waals surface area contributed by atoms with E-state index in [1.54, 1.807) is 5.38 Å². The molecule has 4 nitrogen and oxygen atoms in total. The summed E-state index contributed by atoms with van der Waals surface area (Å²) in [5.41, 5.74) is 8.18. The fraction of sp³-hybridized carbons (Fsp3) is 0.100. The molecule has 0 fully saturated rings. The normalized spacial score (nSPS) is 11.1. The molecule has 0 N–H and O–H groups in total. The summed E-state index contributed by atoms with van der Waals surface area (Å²) in [5.74, 6) is 0. The Kier molecular flexibility index (Phi) is 3.22. The number of aromatic nitrogens is 1. The van der Waals surface area contributed by atoms with Crippen LogP contribution in [0, 0.1) is 0 Å². The number of alkyl halides is 3. The Labute approximate surface area is 103 Å². The molecule has 0 atom stereocenters. The quantitative estimate of drug-likeness (QED) is 0.440. The van der Waals surface area contributed by atoms with Gasteiger partial charge in [0.15, 0.2) is 5.13 Å². The molecule has 18 heavy (non-hydrogen) atoms. The highest BCUT2D eigenvalue weighted by molar-refractivity contribution is 7.13. The summed E-state index contributed by atoms with van der Waals surface area (Å²) in [6.07, 6.45) is -4.39. The van der Waals surface area contributed by atoms with Gasteiger partial charge >= 0.3 is 6.18 Å². The molecule has 0 unspecified atom stereocenters. The van der Waals surface area contributed by atoms with E-state index in [2.05, 4.69) is 15.0 Å². The van der Waals surface area contributed by atoms with Crippen LogP contribution in [0.15, 0.2) is 34.8 Å². The van der Waals surface area contributed by atoms with E-state index in [1.165, 1.54) is 12.1 Å². The number of benzene rings is 1. The molecule has 0 bridgehead atoms. The molecule has 2 rings (SSSR count). The Morgan fingerprint density at radius 1 is 1.33 bits per heavy atom. The number of azide groups is 1. The molecule has 0 spiro atoms. The van der Waals surface area contributed by atoms with Crippen LogP contribution in [0.25, 0.3) is 21.7 Å². The summed E-state index contributed by atoms with van der Waals surface area (Å²) in [6, 6.07) is 4.83. The summed E-state index contributed by atoms with van der Waals surface area (Å²) in [6.45, 7) is 0. The van der Waals surface area contributed by atoms with Gasteiger partial charge in [0, 0.05) is 15.9 Å². The molecule has 2 aromatic rings. The lowest BCUT2D eigenvalue weighted by atomic mass is 10.1. The van der Waals surface area contributed by atoms with Gasteiger partial charge in [0.25, 0.3) is 0 Å². The fourth-order valence-corrected chi connectivity index (χ4v) is 1.98. The molecule has 0 aliphatic rings. The van der Waals surface area contributed by atoms with Crippen LogP contribution in [0.2, 0.25) is 0 Å². The number of nitrogens with zero attached hydrogens (tertiary/aromatic N) is 4. The van der Waals surface area contributed by atoms with Crippen LogP contribution in [0.4, 0.5) is 18.3 Å². The number of rotatable bonds is 2. The second-order valence-electron chi connectivity index (χ2n) is 3.28. The van der Waals surface area contributed by atoms with Crippen LogP contribution in [-0.2, 0) is 6.18 Å². The standard InChI is InChI=1S/C10H5F3N4S/c11-10(12,13)7-3-1-2-6(4-7)8-5-18-9(15-8)16-17-14/h1-5H. The van der Waals surface area contributed by atoms with Crippen LogP contribution in [0.3, 0.4) is 0 Å². The number of hydrogen-bond donors (Lipinski definition) is 0. The first kappa shape index (κ1) is 12.4. The van der Waals surface area contributed by atoms with E-state index in [1.807, 2.05) is 0 Å². The summed E-state index contributed by atoms with van der Waals surface area (Å²) in [4.78, 5) is 6.49. The minimum atomic E-state index is -4.39. The van der Waals surface area contributed by atoms with Gasteiger partial charge in [-0.15, -0.1) is 11.3 Å². The van der Waals surface area contributed by atoms with E-state index in [4.69, 9.17) is 5.53 Å². The van der Waals surface area contributed by atoms with Gasteiger partial charge in [-0.05, 0) is 22.8 Å². The van der Waals surface area contributed by atoms with Crippen LogP contribution in [0.5, 0.6) is 0 Å². The first-order chi connectivity index (χ1) is 8.50. The van der Waals surface area contributed by atoms with Crippen LogP contribution in [0.1, 0.15) is 5.56 Å². The SMILES string of the molecule is [N-]=[N+]=Nc1nc(-c2cccc(C(F)(F)F)c2)cs1. The maximum Gasteiger partial charge on any atom is 0.416 e. The van der Waals surface area contributed by atoms with Crippen molar-refractivity contribution in [3.05, 3.63) is 45.7 Å². The minimum Gasteiger partial charge on any atom is -0.235 e. The molecule has 8 heteroatoms. The fourth-order valence-electron chi connectivity index (χ4n) is 1.34. The second-order valence-corrected chi connectivity index (χ2v) is 4.12. The van der Waals surface area contributed by atoms with E-state index in [0.29, 0.717) is 11.3 Å². The van der Waals surface area contributed by atoms with E-state index in [-0.39, 0.29) is 5.13 Å². The zero-order valence-corrected chi connectivity index (χ0v) is 9.53. The first-order valence-electron chi connectivity index (χ1n) is 4.69. The molecule has 0 aliphatic heterocycles. The Balaban J connectivity index is 2.41. The molecule has 1 aromatic heterocycles. The molecule has 92 valence electrons. The highest BCUT2D eigenvalue weighted by Crippen LogP contribution is 2.33. The Morgan fingerprint density at radius 2 is 2.11 bits per heavy atom. The third-order valence-corrected chi connectivity index (χ3v) is 2.83. The summed E-state index contributed by atoms with van der Waals surface area (Å²) in [5, 5.41) is 5.00. The Bertz CT molecular complexity index is 614. The monoisotopic (exact) mass is 270 g/mol. The highest BCUT2D eigenvalue weighted by Gasteiger charge is 2.30. The maximum atomic E-state index is 12.5. The molecular weight excluding hydrogens is 265 g/mol. The van der Waals surface area contributed by atoms with Gasteiger partial charge < -0.3 is 0 Å². The van der Waals surface area contributed by atoms with Crippen molar-refractivity contribution < 1.29 is 13.2 Å². The van der Waals surface area contributed by atoms with Crippen molar-refractivity contribution >= 4 is 16.5 Å². The first-order valence-corrected chi connectivity index (χ1v) is 5.57. The molecule has 0 saturated heterocycles. The lowest BCUT2D eigenvalue weighted by molar-refractivity contribution is -0.137. The average Bonchev–Trinajstić information content (AvgIpc) is 2.77. The molecule has 0 radical (unpaired) electrons. The van der Waals surface area contributed by atoms with Gasteiger partial charge in [-0.3, -0.25) is 0 Å². The van der Waals surface area contributed by atoms with E-state index in [9.17, 15) is 13.2 Å². The van der Waals surface area contributed by atoms with Gasteiger partial charge in [-0.1, -0.05) is 12.1 Å². The zero-order chi connectivity index (χ0) is 13.2. The van der Waals surface area contributed by atoms with Crippen molar-refractivity contribution in [2.45, 2.75) is 6.18 Å². The Morgan fingerprint density at radius 3 is 2.78 bits per heavy atom. The van der Waals surface area contributed by atoms with Crippen LogP contribution >= 0.6 is 11.3 Å².